The van der Waals surface area contributed by atoms with Crippen molar-refractivity contribution in [3.05, 3.63) is 36.2 Å². The number of morpholine rings is 1. The average Bonchev–Trinajstić information content (AvgIpc) is 3.08. The van der Waals surface area contributed by atoms with Crippen molar-refractivity contribution in [2.24, 2.45) is 0 Å². The number of carbonyl (C=O) groups excluding carboxylic acids is 1. The SMILES string of the molecule is O=C(NCc1ccc(-c2ncon2)cc1)C1CNCCO1. The quantitative estimate of drug-likeness (QED) is 0.843. The molecule has 0 saturated carbocycles. The Labute approximate surface area is 121 Å². The zero-order valence-electron chi connectivity index (χ0n) is 11.4. The summed E-state index contributed by atoms with van der Waals surface area (Å²) in [6, 6.07) is 7.63. The second-order valence-electron chi connectivity index (χ2n) is 4.73. The lowest BCUT2D eigenvalue weighted by molar-refractivity contribution is -0.134. The van der Waals surface area contributed by atoms with Gasteiger partial charge in [0.15, 0.2) is 0 Å². The number of benzene rings is 1. The Morgan fingerprint density at radius 2 is 2.24 bits per heavy atom. The van der Waals surface area contributed by atoms with Crippen LogP contribution in [0.2, 0.25) is 0 Å². The van der Waals surface area contributed by atoms with Gasteiger partial charge in [0.1, 0.15) is 6.10 Å². The van der Waals surface area contributed by atoms with Gasteiger partial charge in [-0.05, 0) is 5.56 Å². The van der Waals surface area contributed by atoms with E-state index in [1.54, 1.807) is 0 Å². The second kappa shape index (κ2) is 6.47. The summed E-state index contributed by atoms with van der Waals surface area (Å²) < 4.78 is 10.1. The Bertz CT molecular complexity index is 577. The molecule has 1 saturated heterocycles. The van der Waals surface area contributed by atoms with E-state index >= 15 is 0 Å². The highest BCUT2D eigenvalue weighted by atomic mass is 16.5. The lowest BCUT2D eigenvalue weighted by atomic mass is 10.1. The number of hydrogen-bond acceptors (Lipinski definition) is 6. The molecule has 1 aromatic heterocycles. The molecule has 1 atom stereocenters. The van der Waals surface area contributed by atoms with E-state index in [0.29, 0.717) is 25.5 Å². The monoisotopic (exact) mass is 288 g/mol. The fourth-order valence-electron chi connectivity index (χ4n) is 2.11. The number of rotatable bonds is 4. The molecule has 2 aromatic rings. The van der Waals surface area contributed by atoms with E-state index in [0.717, 1.165) is 17.7 Å². The number of hydrogen-bond donors (Lipinski definition) is 2. The van der Waals surface area contributed by atoms with Gasteiger partial charge in [0.2, 0.25) is 12.2 Å². The van der Waals surface area contributed by atoms with Crippen molar-refractivity contribution in [3.63, 3.8) is 0 Å². The predicted octanol–water partition coefficient (Wildman–Crippen LogP) is 0.341. The van der Waals surface area contributed by atoms with Crippen molar-refractivity contribution in [3.8, 4) is 11.4 Å². The van der Waals surface area contributed by atoms with Crippen molar-refractivity contribution in [2.45, 2.75) is 12.6 Å². The normalized spacial score (nSPS) is 18.4. The molecule has 1 aliphatic rings. The highest BCUT2D eigenvalue weighted by molar-refractivity contribution is 5.81. The first-order valence-electron chi connectivity index (χ1n) is 6.78. The Kier molecular flexibility index (Phi) is 4.23. The lowest BCUT2D eigenvalue weighted by Gasteiger charge is -2.22. The zero-order valence-corrected chi connectivity index (χ0v) is 11.4. The zero-order chi connectivity index (χ0) is 14.5. The third-order valence-electron chi connectivity index (χ3n) is 3.26. The Morgan fingerprint density at radius 1 is 1.38 bits per heavy atom. The molecule has 21 heavy (non-hydrogen) atoms. The minimum absolute atomic E-state index is 0.0931. The van der Waals surface area contributed by atoms with Crippen LogP contribution in [-0.2, 0) is 16.1 Å². The molecule has 2 N–H and O–H groups in total. The van der Waals surface area contributed by atoms with E-state index in [-0.39, 0.29) is 5.91 Å². The summed E-state index contributed by atoms with van der Waals surface area (Å²) in [6.07, 6.45) is 0.888. The molecule has 0 bridgehead atoms. The highest BCUT2D eigenvalue weighted by Gasteiger charge is 2.21. The van der Waals surface area contributed by atoms with Gasteiger partial charge < -0.3 is 19.9 Å². The van der Waals surface area contributed by atoms with Gasteiger partial charge in [-0.3, -0.25) is 4.79 Å². The lowest BCUT2D eigenvalue weighted by Crippen LogP contribution is -2.47. The molecule has 1 amide bonds. The summed E-state index contributed by atoms with van der Waals surface area (Å²) >= 11 is 0. The molecule has 1 unspecified atom stereocenters. The number of nitrogens with zero attached hydrogens (tertiary/aromatic N) is 2. The van der Waals surface area contributed by atoms with E-state index in [4.69, 9.17) is 9.26 Å². The first kappa shape index (κ1) is 13.7. The molecule has 1 fully saturated rings. The molecule has 7 nitrogen and oxygen atoms in total. The van der Waals surface area contributed by atoms with Crippen LogP contribution in [0, 0.1) is 0 Å². The summed E-state index contributed by atoms with van der Waals surface area (Å²) in [5.74, 6) is 0.455. The molecule has 0 radical (unpaired) electrons. The van der Waals surface area contributed by atoms with Gasteiger partial charge in [-0.25, -0.2) is 0 Å². The van der Waals surface area contributed by atoms with Crippen molar-refractivity contribution in [1.29, 1.82) is 0 Å². The molecule has 2 heterocycles. The van der Waals surface area contributed by atoms with Crippen LogP contribution < -0.4 is 10.6 Å². The molecule has 1 aromatic carbocycles. The van der Waals surface area contributed by atoms with Crippen LogP contribution in [-0.4, -0.2) is 41.8 Å². The summed E-state index contributed by atoms with van der Waals surface area (Å²) in [5, 5.41) is 9.77. The van der Waals surface area contributed by atoms with E-state index in [1.807, 2.05) is 24.3 Å². The van der Waals surface area contributed by atoms with Crippen molar-refractivity contribution >= 4 is 5.91 Å². The van der Waals surface area contributed by atoms with Crippen LogP contribution in [0.5, 0.6) is 0 Å². The first-order valence-corrected chi connectivity index (χ1v) is 6.78. The molecular weight excluding hydrogens is 272 g/mol. The molecule has 0 aliphatic carbocycles. The summed E-state index contributed by atoms with van der Waals surface area (Å²) in [5.41, 5.74) is 1.87. The second-order valence-corrected chi connectivity index (χ2v) is 4.73. The fourth-order valence-corrected chi connectivity index (χ4v) is 2.11. The Balaban J connectivity index is 1.54. The first-order chi connectivity index (χ1) is 10.3. The van der Waals surface area contributed by atoms with Gasteiger partial charge in [-0.1, -0.05) is 29.4 Å². The summed E-state index contributed by atoms with van der Waals surface area (Å²) in [6.45, 7) is 2.38. The van der Waals surface area contributed by atoms with Crippen LogP contribution >= 0.6 is 0 Å². The third-order valence-corrected chi connectivity index (χ3v) is 3.26. The van der Waals surface area contributed by atoms with Gasteiger partial charge in [0, 0.05) is 25.2 Å². The molecule has 110 valence electrons. The van der Waals surface area contributed by atoms with Gasteiger partial charge in [-0.15, -0.1) is 0 Å². The Hall–Kier alpha value is -2.25. The van der Waals surface area contributed by atoms with Gasteiger partial charge in [-0.2, -0.15) is 4.98 Å². The maximum absolute atomic E-state index is 11.9. The van der Waals surface area contributed by atoms with E-state index < -0.39 is 6.10 Å². The van der Waals surface area contributed by atoms with Crippen molar-refractivity contribution in [2.75, 3.05) is 19.7 Å². The van der Waals surface area contributed by atoms with E-state index in [9.17, 15) is 4.79 Å². The van der Waals surface area contributed by atoms with Gasteiger partial charge in [0.25, 0.3) is 5.91 Å². The number of carbonyl (C=O) groups is 1. The van der Waals surface area contributed by atoms with E-state index in [1.165, 1.54) is 6.39 Å². The van der Waals surface area contributed by atoms with Crippen LogP contribution in [0.25, 0.3) is 11.4 Å². The van der Waals surface area contributed by atoms with E-state index in [2.05, 4.69) is 20.8 Å². The third kappa shape index (κ3) is 3.45. The maximum Gasteiger partial charge on any atom is 0.250 e. The molecule has 1 aliphatic heterocycles. The number of aromatic nitrogens is 2. The number of nitrogens with one attached hydrogen (secondary N) is 2. The Morgan fingerprint density at radius 3 is 2.90 bits per heavy atom. The van der Waals surface area contributed by atoms with Crippen molar-refractivity contribution in [1.82, 2.24) is 20.8 Å². The van der Waals surface area contributed by atoms with Crippen LogP contribution in [0.15, 0.2) is 35.2 Å². The number of ether oxygens (including phenoxy) is 1. The minimum atomic E-state index is -0.405. The topological polar surface area (TPSA) is 89.3 Å². The fraction of sp³-hybridized carbons (Fsp3) is 0.357. The average molecular weight is 288 g/mol. The molecule has 0 spiro atoms. The summed E-state index contributed by atoms with van der Waals surface area (Å²) in [7, 11) is 0. The number of amides is 1. The predicted molar refractivity (Wildman–Crippen MR) is 74.2 cm³/mol. The van der Waals surface area contributed by atoms with Crippen LogP contribution in [0.1, 0.15) is 5.56 Å². The van der Waals surface area contributed by atoms with Crippen molar-refractivity contribution < 1.29 is 14.1 Å². The molecule has 3 rings (SSSR count). The van der Waals surface area contributed by atoms with Crippen LogP contribution in [0.3, 0.4) is 0 Å². The maximum atomic E-state index is 11.9. The smallest absolute Gasteiger partial charge is 0.250 e. The van der Waals surface area contributed by atoms with Gasteiger partial charge in [0.05, 0.1) is 6.61 Å². The highest BCUT2D eigenvalue weighted by Crippen LogP contribution is 2.14. The van der Waals surface area contributed by atoms with Gasteiger partial charge >= 0.3 is 0 Å². The standard InChI is InChI=1S/C14H16N4O3/c19-14(12-8-15-5-6-20-12)16-7-10-1-3-11(4-2-10)13-17-9-21-18-13/h1-4,9,12,15H,5-8H2,(H,16,19). The minimum Gasteiger partial charge on any atom is -0.366 e. The largest absolute Gasteiger partial charge is 0.366 e. The van der Waals surface area contributed by atoms with Crippen LogP contribution in [0.4, 0.5) is 0 Å². The molecule has 7 heteroatoms. The molecular formula is C14H16N4O3. The summed E-state index contributed by atoms with van der Waals surface area (Å²) in [4.78, 5) is 15.9.